The molecule has 0 aromatic carbocycles. The Morgan fingerprint density at radius 3 is 2.44 bits per heavy atom. The molecule has 1 aliphatic rings. The van der Waals surface area contributed by atoms with Crippen molar-refractivity contribution in [2.75, 3.05) is 19.6 Å². The monoisotopic (exact) mass is 128 g/mol. The summed E-state index contributed by atoms with van der Waals surface area (Å²) in [5.41, 5.74) is 0. The van der Waals surface area contributed by atoms with E-state index >= 15 is 0 Å². The second kappa shape index (κ2) is 2.45. The molecule has 0 atom stereocenters. The van der Waals surface area contributed by atoms with E-state index in [1.54, 1.807) is 6.29 Å². The summed E-state index contributed by atoms with van der Waals surface area (Å²) in [5.74, 6) is 0. The van der Waals surface area contributed by atoms with Crippen LogP contribution in [0.2, 0.25) is 0 Å². The van der Waals surface area contributed by atoms with E-state index in [9.17, 15) is 10.0 Å². The lowest BCUT2D eigenvalue weighted by Gasteiger charge is -2.35. The molecule has 3 nitrogen and oxygen atoms in total. The molecular formula is C6H10NO2. The summed E-state index contributed by atoms with van der Waals surface area (Å²) in [5, 5.41) is 11.2. The largest absolute Gasteiger partial charge is 0.632 e. The lowest BCUT2D eigenvalue weighted by molar-refractivity contribution is -0.858. The minimum Gasteiger partial charge on any atom is -0.632 e. The smallest absolute Gasteiger partial charge is 0.258 e. The Hall–Kier alpha value is -0.410. The van der Waals surface area contributed by atoms with Gasteiger partial charge in [0, 0.05) is 12.8 Å². The molecule has 0 amide bonds. The van der Waals surface area contributed by atoms with Crippen LogP contribution in [-0.4, -0.2) is 30.6 Å². The fraction of sp³-hybridized carbons (Fsp3) is 0.833. The minimum atomic E-state index is -0.330. The zero-order chi connectivity index (χ0) is 6.74. The first-order chi connectivity index (χ1) is 4.27. The van der Waals surface area contributed by atoms with Gasteiger partial charge >= 0.3 is 0 Å². The number of quaternary nitrogens is 1. The number of carbonyl (C=O) groups excluding carboxylic acids is 1. The highest BCUT2D eigenvalue weighted by atomic mass is 16.5. The van der Waals surface area contributed by atoms with Crippen LogP contribution in [0.1, 0.15) is 12.8 Å². The summed E-state index contributed by atoms with van der Waals surface area (Å²) < 4.78 is -0.330. The number of hydrogen-bond acceptors (Lipinski definition) is 2. The van der Waals surface area contributed by atoms with E-state index in [4.69, 9.17) is 0 Å². The maximum atomic E-state index is 11.2. The van der Waals surface area contributed by atoms with E-state index in [1.165, 1.54) is 0 Å². The van der Waals surface area contributed by atoms with Crippen molar-refractivity contribution in [3.05, 3.63) is 5.21 Å². The fourth-order valence-electron chi connectivity index (χ4n) is 1.19. The number of rotatable bonds is 2. The average molecular weight is 128 g/mol. The number of hydroxylamine groups is 3. The zero-order valence-corrected chi connectivity index (χ0v) is 5.30. The van der Waals surface area contributed by atoms with Gasteiger partial charge in [-0.3, -0.25) is 4.79 Å². The molecule has 3 heteroatoms. The van der Waals surface area contributed by atoms with Crippen molar-refractivity contribution in [2.45, 2.75) is 12.8 Å². The van der Waals surface area contributed by atoms with Gasteiger partial charge in [0.1, 0.15) is 6.54 Å². The highest BCUT2D eigenvalue weighted by Crippen LogP contribution is 2.15. The number of nitrogens with zero attached hydrogens (tertiary/aromatic N) is 1. The Morgan fingerprint density at radius 2 is 2.00 bits per heavy atom. The first-order valence-corrected chi connectivity index (χ1v) is 3.19. The van der Waals surface area contributed by atoms with Gasteiger partial charge in [-0.1, -0.05) is 0 Å². The van der Waals surface area contributed by atoms with E-state index in [0.29, 0.717) is 13.1 Å². The molecule has 0 spiro atoms. The summed E-state index contributed by atoms with van der Waals surface area (Å²) in [4.78, 5) is 9.83. The predicted molar refractivity (Wildman–Crippen MR) is 33.2 cm³/mol. The van der Waals surface area contributed by atoms with Gasteiger partial charge in [-0.25, -0.2) is 0 Å². The first-order valence-electron chi connectivity index (χ1n) is 3.19. The number of likely N-dealkylation sites (tertiary alicyclic amines) is 1. The molecule has 0 saturated carbocycles. The second-order valence-electron chi connectivity index (χ2n) is 2.51. The third-order valence-electron chi connectivity index (χ3n) is 1.73. The van der Waals surface area contributed by atoms with Crippen LogP contribution in [0.4, 0.5) is 0 Å². The van der Waals surface area contributed by atoms with Crippen LogP contribution in [0.25, 0.3) is 0 Å². The van der Waals surface area contributed by atoms with Crippen molar-refractivity contribution in [1.82, 2.24) is 0 Å². The van der Waals surface area contributed by atoms with Crippen molar-refractivity contribution in [3.8, 4) is 0 Å². The van der Waals surface area contributed by atoms with Crippen LogP contribution in [0.5, 0.6) is 0 Å². The molecule has 0 unspecified atom stereocenters. The third kappa shape index (κ3) is 1.50. The van der Waals surface area contributed by atoms with Gasteiger partial charge < -0.3 is 9.85 Å². The molecule has 0 aliphatic carbocycles. The summed E-state index contributed by atoms with van der Waals surface area (Å²) in [6, 6.07) is 0. The Labute approximate surface area is 54.4 Å². The van der Waals surface area contributed by atoms with Crippen LogP contribution in [0.3, 0.4) is 0 Å². The van der Waals surface area contributed by atoms with Gasteiger partial charge in [-0.2, -0.15) is 0 Å². The van der Waals surface area contributed by atoms with Gasteiger partial charge in [0.15, 0.2) is 0 Å². The molecule has 0 N–H and O–H groups in total. The highest BCUT2D eigenvalue weighted by molar-refractivity contribution is 5.51. The summed E-state index contributed by atoms with van der Waals surface area (Å²) in [6.45, 7) is 1.24. The van der Waals surface area contributed by atoms with Crippen LogP contribution in [0, 0.1) is 5.21 Å². The Kier molecular flexibility index (Phi) is 1.83. The Morgan fingerprint density at radius 1 is 1.44 bits per heavy atom. The van der Waals surface area contributed by atoms with E-state index in [-0.39, 0.29) is 11.2 Å². The summed E-state index contributed by atoms with van der Waals surface area (Å²) >= 11 is 0. The normalized spacial score (nSPS) is 24.1. The second-order valence-corrected chi connectivity index (χ2v) is 2.51. The SMILES string of the molecule is O=[C]C[N+]1([O-])CCCC1. The van der Waals surface area contributed by atoms with E-state index in [0.717, 1.165) is 12.8 Å². The molecule has 1 rings (SSSR count). The molecule has 51 valence electrons. The molecule has 1 aliphatic heterocycles. The zero-order valence-electron chi connectivity index (χ0n) is 5.30. The van der Waals surface area contributed by atoms with Crippen molar-refractivity contribution >= 4 is 6.29 Å². The van der Waals surface area contributed by atoms with Crippen LogP contribution in [0.15, 0.2) is 0 Å². The summed E-state index contributed by atoms with van der Waals surface area (Å²) in [6.07, 6.45) is 3.59. The van der Waals surface area contributed by atoms with Crippen molar-refractivity contribution in [1.29, 1.82) is 0 Å². The summed E-state index contributed by atoms with van der Waals surface area (Å²) in [7, 11) is 0. The molecule has 1 saturated heterocycles. The topological polar surface area (TPSA) is 40.1 Å². The third-order valence-corrected chi connectivity index (χ3v) is 1.73. The van der Waals surface area contributed by atoms with Crippen molar-refractivity contribution in [2.24, 2.45) is 0 Å². The Bertz CT molecular complexity index is 108. The maximum absolute atomic E-state index is 11.2. The molecule has 0 aromatic rings. The lowest BCUT2D eigenvalue weighted by Crippen LogP contribution is -2.40. The van der Waals surface area contributed by atoms with E-state index in [1.807, 2.05) is 0 Å². The quantitative estimate of drug-likeness (QED) is 0.394. The maximum Gasteiger partial charge on any atom is 0.258 e. The molecule has 1 radical (unpaired) electrons. The van der Waals surface area contributed by atoms with Gasteiger partial charge in [-0.15, -0.1) is 0 Å². The van der Waals surface area contributed by atoms with Gasteiger partial charge in [0.05, 0.1) is 13.1 Å². The average Bonchev–Trinajstić information content (AvgIpc) is 2.16. The van der Waals surface area contributed by atoms with Crippen LogP contribution >= 0.6 is 0 Å². The van der Waals surface area contributed by atoms with Gasteiger partial charge in [0.25, 0.3) is 6.29 Å². The number of hydrogen-bond donors (Lipinski definition) is 0. The van der Waals surface area contributed by atoms with Gasteiger partial charge in [-0.05, 0) is 0 Å². The molecular weight excluding hydrogens is 118 g/mol. The fourth-order valence-corrected chi connectivity index (χ4v) is 1.19. The minimum absolute atomic E-state index is 0.0278. The van der Waals surface area contributed by atoms with Crippen molar-refractivity contribution in [3.63, 3.8) is 0 Å². The molecule has 0 aromatic heterocycles. The van der Waals surface area contributed by atoms with E-state index in [2.05, 4.69) is 0 Å². The Balaban J connectivity index is 2.40. The lowest BCUT2D eigenvalue weighted by atomic mass is 10.4. The van der Waals surface area contributed by atoms with Crippen molar-refractivity contribution < 1.29 is 9.44 Å². The standard InChI is InChI=1S/C6H10NO2/c8-6-5-7(9)3-1-2-4-7/h1-5H2. The molecule has 9 heavy (non-hydrogen) atoms. The van der Waals surface area contributed by atoms with Crippen LogP contribution < -0.4 is 0 Å². The first kappa shape index (κ1) is 6.71. The molecule has 1 heterocycles. The highest BCUT2D eigenvalue weighted by Gasteiger charge is 2.21. The van der Waals surface area contributed by atoms with Gasteiger partial charge in [0.2, 0.25) is 0 Å². The van der Waals surface area contributed by atoms with Crippen LogP contribution in [-0.2, 0) is 4.79 Å². The molecule has 1 fully saturated rings. The predicted octanol–water partition coefficient (Wildman–Crippen LogP) is 0.204. The van der Waals surface area contributed by atoms with E-state index < -0.39 is 0 Å². The molecule has 0 bridgehead atoms.